The molecule has 1 saturated heterocycles. The molecule has 6 heteroatoms. The summed E-state index contributed by atoms with van der Waals surface area (Å²) < 4.78 is 0. The van der Waals surface area contributed by atoms with Crippen LogP contribution in [-0.2, 0) is 4.79 Å². The average Bonchev–Trinajstić information content (AvgIpc) is 2.38. The fraction of sp³-hybridized carbons (Fsp3) is 0.857. The minimum Gasteiger partial charge on any atom is -0.481 e. The predicted octanol–water partition coefficient (Wildman–Crippen LogP) is 1.18. The van der Waals surface area contributed by atoms with Crippen molar-refractivity contribution in [3.05, 3.63) is 0 Å². The van der Waals surface area contributed by atoms with Gasteiger partial charge in [0.15, 0.2) is 0 Å². The maximum Gasteiger partial charge on any atom is 0.319 e. The molecule has 0 atom stereocenters. The number of nitrogens with zero attached hydrogens (tertiary/aromatic N) is 3. The minimum atomic E-state index is -0.760. The van der Waals surface area contributed by atoms with Gasteiger partial charge in [-0.2, -0.15) is 0 Å². The summed E-state index contributed by atoms with van der Waals surface area (Å²) in [5, 5.41) is 9.18. The zero-order valence-electron chi connectivity index (χ0n) is 13.1. The summed E-state index contributed by atoms with van der Waals surface area (Å²) in [6.07, 6.45) is 2.00. The second-order valence-electron chi connectivity index (χ2n) is 6.21. The van der Waals surface area contributed by atoms with E-state index in [9.17, 15) is 14.7 Å². The lowest BCUT2D eigenvalue weighted by molar-refractivity contribution is -0.150. The van der Waals surface area contributed by atoms with Crippen LogP contribution in [0.5, 0.6) is 0 Å². The Morgan fingerprint density at radius 3 is 2.15 bits per heavy atom. The first-order valence-electron chi connectivity index (χ1n) is 7.14. The summed E-state index contributed by atoms with van der Waals surface area (Å²) in [6.45, 7) is 4.50. The second kappa shape index (κ2) is 6.92. The van der Waals surface area contributed by atoms with Gasteiger partial charge in [0.05, 0.1) is 5.41 Å². The molecule has 0 radical (unpaired) electrons. The number of hydrogen-bond donors (Lipinski definition) is 1. The monoisotopic (exact) mass is 285 g/mol. The molecule has 0 saturated carbocycles. The van der Waals surface area contributed by atoms with E-state index in [1.54, 1.807) is 16.7 Å². The van der Waals surface area contributed by atoms with Gasteiger partial charge in [0.1, 0.15) is 0 Å². The molecule has 0 aromatic rings. The highest BCUT2D eigenvalue weighted by atomic mass is 16.4. The van der Waals surface area contributed by atoms with E-state index in [2.05, 4.69) is 4.90 Å². The van der Waals surface area contributed by atoms with E-state index in [-0.39, 0.29) is 6.03 Å². The molecule has 0 aromatic carbocycles. The largest absolute Gasteiger partial charge is 0.481 e. The SMILES string of the molecule is CN(C)CCCN(C)C(=O)N1CCC(C)(C(=O)O)CC1. The molecular weight excluding hydrogens is 258 g/mol. The predicted molar refractivity (Wildman–Crippen MR) is 77.7 cm³/mol. The molecule has 2 amide bonds. The van der Waals surface area contributed by atoms with Gasteiger partial charge in [0.25, 0.3) is 0 Å². The molecular formula is C14H27N3O3. The summed E-state index contributed by atoms with van der Waals surface area (Å²) >= 11 is 0. The van der Waals surface area contributed by atoms with Gasteiger partial charge in [0, 0.05) is 26.7 Å². The number of carbonyl (C=O) groups is 2. The third-order valence-electron chi connectivity index (χ3n) is 4.08. The highest BCUT2D eigenvalue weighted by Gasteiger charge is 2.38. The van der Waals surface area contributed by atoms with Crippen molar-refractivity contribution in [1.82, 2.24) is 14.7 Å². The van der Waals surface area contributed by atoms with Gasteiger partial charge in [-0.1, -0.05) is 0 Å². The minimum absolute atomic E-state index is 0.0104. The van der Waals surface area contributed by atoms with Crippen molar-refractivity contribution in [3.63, 3.8) is 0 Å². The molecule has 0 unspecified atom stereocenters. The van der Waals surface area contributed by atoms with Gasteiger partial charge in [-0.05, 0) is 46.8 Å². The Kier molecular flexibility index (Phi) is 5.80. The molecule has 1 fully saturated rings. The van der Waals surface area contributed by atoms with Gasteiger partial charge < -0.3 is 19.8 Å². The highest BCUT2D eigenvalue weighted by Crippen LogP contribution is 2.31. The number of urea groups is 1. The third-order valence-corrected chi connectivity index (χ3v) is 4.08. The van der Waals surface area contributed by atoms with Crippen LogP contribution in [0.1, 0.15) is 26.2 Å². The Bertz CT molecular complexity index is 350. The van der Waals surface area contributed by atoms with Gasteiger partial charge >= 0.3 is 12.0 Å². The van der Waals surface area contributed by atoms with E-state index in [1.807, 2.05) is 21.1 Å². The quantitative estimate of drug-likeness (QED) is 0.824. The molecule has 1 heterocycles. The van der Waals surface area contributed by atoms with Crippen molar-refractivity contribution in [2.75, 3.05) is 47.3 Å². The summed E-state index contributed by atoms with van der Waals surface area (Å²) in [4.78, 5) is 29.0. The average molecular weight is 285 g/mol. The number of rotatable bonds is 5. The molecule has 1 aliphatic heterocycles. The Hall–Kier alpha value is -1.30. The first-order valence-corrected chi connectivity index (χ1v) is 7.14. The highest BCUT2D eigenvalue weighted by molar-refractivity contribution is 5.76. The van der Waals surface area contributed by atoms with Crippen LogP contribution in [-0.4, -0.2) is 79.1 Å². The van der Waals surface area contributed by atoms with E-state index in [0.29, 0.717) is 25.9 Å². The van der Waals surface area contributed by atoms with Crippen molar-refractivity contribution >= 4 is 12.0 Å². The zero-order chi connectivity index (χ0) is 15.3. The number of carboxylic acids is 1. The summed E-state index contributed by atoms with van der Waals surface area (Å²) in [5.41, 5.74) is -0.680. The van der Waals surface area contributed by atoms with Crippen molar-refractivity contribution in [2.24, 2.45) is 5.41 Å². The molecule has 116 valence electrons. The smallest absolute Gasteiger partial charge is 0.319 e. The fourth-order valence-corrected chi connectivity index (χ4v) is 2.37. The van der Waals surface area contributed by atoms with E-state index >= 15 is 0 Å². The van der Waals surface area contributed by atoms with Crippen LogP contribution in [0.15, 0.2) is 0 Å². The first kappa shape index (κ1) is 16.8. The number of hydrogen-bond acceptors (Lipinski definition) is 3. The Morgan fingerprint density at radius 1 is 1.15 bits per heavy atom. The normalized spacial score (nSPS) is 18.1. The number of piperidine rings is 1. The number of aliphatic carboxylic acids is 1. The lowest BCUT2D eigenvalue weighted by atomic mass is 9.80. The zero-order valence-corrected chi connectivity index (χ0v) is 13.1. The fourth-order valence-electron chi connectivity index (χ4n) is 2.37. The molecule has 1 aliphatic rings. The lowest BCUT2D eigenvalue weighted by Crippen LogP contribution is -2.49. The Labute approximate surface area is 121 Å². The van der Waals surface area contributed by atoms with Crippen molar-refractivity contribution in [1.29, 1.82) is 0 Å². The van der Waals surface area contributed by atoms with E-state index in [4.69, 9.17) is 0 Å². The summed E-state index contributed by atoms with van der Waals surface area (Å²) in [7, 11) is 5.83. The summed E-state index contributed by atoms with van der Waals surface area (Å²) in [5.74, 6) is -0.760. The lowest BCUT2D eigenvalue weighted by Gasteiger charge is -2.38. The number of carboxylic acid groups (broad SMARTS) is 1. The molecule has 0 bridgehead atoms. The van der Waals surface area contributed by atoms with Gasteiger partial charge in [-0.25, -0.2) is 4.79 Å². The van der Waals surface area contributed by atoms with Gasteiger partial charge in [-0.15, -0.1) is 0 Å². The van der Waals surface area contributed by atoms with Crippen LogP contribution in [0.25, 0.3) is 0 Å². The van der Waals surface area contributed by atoms with Crippen LogP contribution in [0.4, 0.5) is 4.79 Å². The van der Waals surface area contributed by atoms with Crippen molar-refractivity contribution in [2.45, 2.75) is 26.2 Å². The van der Waals surface area contributed by atoms with Gasteiger partial charge in [-0.3, -0.25) is 4.79 Å². The maximum absolute atomic E-state index is 12.2. The van der Waals surface area contributed by atoms with Crippen LogP contribution >= 0.6 is 0 Å². The maximum atomic E-state index is 12.2. The van der Waals surface area contributed by atoms with Crippen LogP contribution in [0.2, 0.25) is 0 Å². The van der Waals surface area contributed by atoms with Crippen LogP contribution in [0, 0.1) is 5.41 Å². The Morgan fingerprint density at radius 2 is 1.70 bits per heavy atom. The molecule has 0 aliphatic carbocycles. The Balaban J connectivity index is 2.40. The standard InChI is InChI=1S/C14H27N3O3/c1-14(12(18)19)6-10-17(11-7-14)13(20)16(4)9-5-8-15(2)3/h5-11H2,1-4H3,(H,18,19). The molecule has 1 rings (SSSR count). The molecule has 6 nitrogen and oxygen atoms in total. The van der Waals surface area contributed by atoms with Crippen LogP contribution in [0.3, 0.4) is 0 Å². The van der Waals surface area contributed by atoms with Crippen molar-refractivity contribution in [3.8, 4) is 0 Å². The van der Waals surface area contributed by atoms with Crippen LogP contribution < -0.4 is 0 Å². The first-order chi connectivity index (χ1) is 9.26. The topological polar surface area (TPSA) is 64.1 Å². The molecule has 1 N–H and O–H groups in total. The second-order valence-corrected chi connectivity index (χ2v) is 6.21. The van der Waals surface area contributed by atoms with Crippen molar-refractivity contribution < 1.29 is 14.7 Å². The van der Waals surface area contributed by atoms with E-state index < -0.39 is 11.4 Å². The number of likely N-dealkylation sites (tertiary alicyclic amines) is 1. The van der Waals surface area contributed by atoms with E-state index in [0.717, 1.165) is 19.5 Å². The molecule has 20 heavy (non-hydrogen) atoms. The molecule has 0 spiro atoms. The molecule has 0 aromatic heterocycles. The van der Waals surface area contributed by atoms with Gasteiger partial charge in [0.2, 0.25) is 0 Å². The number of amides is 2. The van der Waals surface area contributed by atoms with E-state index in [1.165, 1.54) is 0 Å². The third kappa shape index (κ3) is 4.37. The number of carbonyl (C=O) groups excluding carboxylic acids is 1. The summed E-state index contributed by atoms with van der Waals surface area (Å²) in [6, 6.07) is 0.0104.